The number of rotatable bonds is 6. The van der Waals surface area contributed by atoms with Crippen LogP contribution in [-0.2, 0) is 13.0 Å². The molecule has 0 saturated carbocycles. The fraction of sp³-hybridized carbons (Fsp3) is 0.471. The SMILES string of the molecule is CCc1cn2c3ccccc3nc2n1CCN(CC)CC.Cl.Cl. The summed E-state index contributed by atoms with van der Waals surface area (Å²) in [5, 5.41) is 0. The average Bonchev–Trinajstić information content (AvgIpc) is 3.04. The second-order valence-electron chi connectivity index (χ2n) is 5.42. The fourth-order valence-electron chi connectivity index (χ4n) is 3.00. The molecular formula is C17H26Cl2N4. The highest BCUT2D eigenvalue weighted by molar-refractivity contribution is 5.85. The molecule has 1 aromatic carbocycles. The first-order valence-corrected chi connectivity index (χ1v) is 7.96. The summed E-state index contributed by atoms with van der Waals surface area (Å²) in [6, 6.07) is 8.36. The molecule has 0 spiro atoms. The van der Waals surface area contributed by atoms with Gasteiger partial charge in [0.1, 0.15) is 0 Å². The fourth-order valence-corrected chi connectivity index (χ4v) is 3.00. The Morgan fingerprint density at radius 3 is 2.39 bits per heavy atom. The van der Waals surface area contributed by atoms with Gasteiger partial charge in [-0.15, -0.1) is 24.8 Å². The third kappa shape index (κ3) is 3.65. The van der Waals surface area contributed by atoms with Gasteiger partial charge in [-0.05, 0) is 31.6 Å². The summed E-state index contributed by atoms with van der Waals surface area (Å²) >= 11 is 0. The molecule has 0 bridgehead atoms. The van der Waals surface area contributed by atoms with Crippen molar-refractivity contribution in [2.45, 2.75) is 33.7 Å². The van der Waals surface area contributed by atoms with Crippen molar-refractivity contribution in [2.24, 2.45) is 0 Å². The van der Waals surface area contributed by atoms with Crippen LogP contribution >= 0.6 is 24.8 Å². The lowest BCUT2D eigenvalue weighted by Crippen LogP contribution is -2.27. The Kier molecular flexibility index (Phi) is 7.39. The van der Waals surface area contributed by atoms with E-state index in [-0.39, 0.29) is 24.8 Å². The molecule has 0 N–H and O–H groups in total. The number of aromatic nitrogens is 3. The summed E-state index contributed by atoms with van der Waals surface area (Å²) in [6.07, 6.45) is 3.28. The number of halogens is 2. The highest BCUT2D eigenvalue weighted by atomic mass is 35.5. The van der Waals surface area contributed by atoms with Crippen LogP contribution in [0.5, 0.6) is 0 Å². The number of para-hydroxylation sites is 2. The van der Waals surface area contributed by atoms with Crippen LogP contribution in [0.3, 0.4) is 0 Å². The molecule has 0 aliphatic carbocycles. The molecule has 0 aliphatic rings. The van der Waals surface area contributed by atoms with Crippen molar-refractivity contribution in [3.05, 3.63) is 36.2 Å². The maximum Gasteiger partial charge on any atom is 0.215 e. The van der Waals surface area contributed by atoms with Gasteiger partial charge in [-0.25, -0.2) is 4.98 Å². The van der Waals surface area contributed by atoms with Crippen molar-refractivity contribution >= 4 is 41.6 Å². The van der Waals surface area contributed by atoms with E-state index in [1.54, 1.807) is 0 Å². The molecule has 0 fully saturated rings. The molecule has 0 aliphatic heterocycles. The molecule has 3 aromatic rings. The highest BCUT2D eigenvalue weighted by Crippen LogP contribution is 2.20. The molecule has 4 nitrogen and oxygen atoms in total. The maximum atomic E-state index is 4.82. The molecule has 2 heterocycles. The zero-order chi connectivity index (χ0) is 14.8. The Labute approximate surface area is 150 Å². The van der Waals surface area contributed by atoms with Gasteiger partial charge in [-0.3, -0.25) is 4.40 Å². The Balaban J connectivity index is 0.00000132. The van der Waals surface area contributed by atoms with E-state index in [1.807, 2.05) is 0 Å². The molecule has 0 unspecified atom stereocenters. The molecule has 0 radical (unpaired) electrons. The third-order valence-corrected chi connectivity index (χ3v) is 4.34. The van der Waals surface area contributed by atoms with Crippen molar-refractivity contribution < 1.29 is 0 Å². The Morgan fingerprint density at radius 2 is 1.74 bits per heavy atom. The number of benzene rings is 1. The van der Waals surface area contributed by atoms with Crippen molar-refractivity contribution in [3.8, 4) is 0 Å². The normalized spacial score (nSPS) is 11.0. The minimum absolute atomic E-state index is 0. The van der Waals surface area contributed by atoms with Gasteiger partial charge < -0.3 is 9.47 Å². The number of hydrogen-bond acceptors (Lipinski definition) is 2. The first kappa shape index (κ1) is 19.8. The van der Waals surface area contributed by atoms with Crippen LogP contribution in [0.15, 0.2) is 30.5 Å². The van der Waals surface area contributed by atoms with E-state index < -0.39 is 0 Å². The standard InChI is InChI=1S/C17H24N4.2ClH/c1-4-14-13-21-16-10-8-7-9-15(16)18-17(21)20(14)12-11-19(5-2)6-3;;/h7-10,13H,4-6,11-12H2,1-3H3;2*1H. The molecule has 0 atom stereocenters. The van der Waals surface area contributed by atoms with Gasteiger partial charge in [0.15, 0.2) is 0 Å². The largest absolute Gasteiger partial charge is 0.313 e. The van der Waals surface area contributed by atoms with Crippen LogP contribution in [0.2, 0.25) is 0 Å². The van der Waals surface area contributed by atoms with E-state index in [9.17, 15) is 0 Å². The minimum Gasteiger partial charge on any atom is -0.313 e. The van der Waals surface area contributed by atoms with E-state index in [2.05, 4.69) is 65.1 Å². The smallest absolute Gasteiger partial charge is 0.215 e. The van der Waals surface area contributed by atoms with E-state index >= 15 is 0 Å². The molecule has 128 valence electrons. The number of fused-ring (bicyclic) bond motifs is 3. The Bertz CT molecular complexity index is 744. The van der Waals surface area contributed by atoms with Crippen LogP contribution in [-0.4, -0.2) is 38.5 Å². The van der Waals surface area contributed by atoms with Crippen LogP contribution in [0.4, 0.5) is 0 Å². The van der Waals surface area contributed by atoms with Gasteiger partial charge in [-0.1, -0.05) is 32.9 Å². The number of likely N-dealkylation sites (N-methyl/N-ethyl adjacent to an activating group) is 1. The minimum atomic E-state index is 0. The molecule has 0 saturated heterocycles. The maximum absolute atomic E-state index is 4.82. The van der Waals surface area contributed by atoms with Gasteiger partial charge in [-0.2, -0.15) is 0 Å². The van der Waals surface area contributed by atoms with E-state index in [4.69, 9.17) is 4.98 Å². The van der Waals surface area contributed by atoms with Gasteiger partial charge in [0, 0.05) is 25.0 Å². The number of imidazole rings is 2. The highest BCUT2D eigenvalue weighted by Gasteiger charge is 2.13. The van der Waals surface area contributed by atoms with Crippen LogP contribution in [0.1, 0.15) is 26.5 Å². The zero-order valence-electron chi connectivity index (χ0n) is 14.0. The number of hydrogen-bond donors (Lipinski definition) is 0. The topological polar surface area (TPSA) is 25.5 Å². The van der Waals surface area contributed by atoms with Crippen molar-refractivity contribution in [2.75, 3.05) is 19.6 Å². The third-order valence-electron chi connectivity index (χ3n) is 4.34. The molecule has 2 aromatic heterocycles. The summed E-state index contributed by atoms with van der Waals surface area (Å²) in [5.74, 6) is 1.07. The average molecular weight is 357 g/mol. The van der Waals surface area contributed by atoms with E-state index in [0.717, 1.165) is 43.9 Å². The van der Waals surface area contributed by atoms with Gasteiger partial charge >= 0.3 is 0 Å². The van der Waals surface area contributed by atoms with E-state index in [1.165, 1.54) is 11.2 Å². The molecular weight excluding hydrogens is 331 g/mol. The monoisotopic (exact) mass is 356 g/mol. The molecule has 23 heavy (non-hydrogen) atoms. The Morgan fingerprint density at radius 1 is 1.04 bits per heavy atom. The van der Waals surface area contributed by atoms with Gasteiger partial charge in [0.25, 0.3) is 0 Å². The van der Waals surface area contributed by atoms with Gasteiger partial charge in [0.05, 0.1) is 11.0 Å². The second kappa shape index (κ2) is 8.57. The number of aryl methyl sites for hydroxylation is 1. The quantitative estimate of drug-likeness (QED) is 0.665. The number of nitrogens with zero attached hydrogens (tertiary/aromatic N) is 4. The van der Waals surface area contributed by atoms with Crippen LogP contribution < -0.4 is 0 Å². The summed E-state index contributed by atoms with van der Waals surface area (Å²) in [6.45, 7) is 10.9. The first-order valence-electron chi connectivity index (χ1n) is 7.96. The lowest BCUT2D eigenvalue weighted by molar-refractivity contribution is 0.290. The predicted octanol–water partition coefficient (Wildman–Crippen LogP) is 4.04. The first-order chi connectivity index (χ1) is 10.3. The molecule has 0 amide bonds. The van der Waals surface area contributed by atoms with Crippen LogP contribution in [0.25, 0.3) is 16.8 Å². The second-order valence-corrected chi connectivity index (χ2v) is 5.42. The van der Waals surface area contributed by atoms with Crippen molar-refractivity contribution in [3.63, 3.8) is 0 Å². The van der Waals surface area contributed by atoms with Crippen molar-refractivity contribution in [1.82, 2.24) is 18.9 Å². The predicted molar refractivity (Wildman–Crippen MR) is 102 cm³/mol. The van der Waals surface area contributed by atoms with Gasteiger partial charge in [0.2, 0.25) is 5.78 Å². The lowest BCUT2D eigenvalue weighted by atomic mass is 10.3. The summed E-state index contributed by atoms with van der Waals surface area (Å²) < 4.78 is 4.61. The molecule has 3 rings (SSSR count). The van der Waals surface area contributed by atoms with Crippen molar-refractivity contribution in [1.29, 1.82) is 0 Å². The lowest BCUT2D eigenvalue weighted by Gasteiger charge is -2.18. The molecule has 6 heteroatoms. The summed E-state index contributed by atoms with van der Waals surface area (Å²) in [4.78, 5) is 7.28. The summed E-state index contributed by atoms with van der Waals surface area (Å²) in [7, 11) is 0. The Hall–Kier alpha value is -1.23. The zero-order valence-corrected chi connectivity index (χ0v) is 15.7. The van der Waals surface area contributed by atoms with Crippen LogP contribution in [0, 0.1) is 0 Å². The summed E-state index contributed by atoms with van der Waals surface area (Å²) in [5.41, 5.74) is 3.63. The van der Waals surface area contributed by atoms with E-state index in [0.29, 0.717) is 0 Å².